The number of likely N-dealkylation sites (N-methyl/N-ethyl adjacent to an activating group) is 2. The lowest BCUT2D eigenvalue weighted by atomic mass is 9.87. The van der Waals surface area contributed by atoms with E-state index in [9.17, 15) is 28.8 Å². The number of hydrogen-bond acceptors (Lipinski definition) is 8. The molecule has 0 saturated carbocycles. The summed E-state index contributed by atoms with van der Waals surface area (Å²) < 4.78 is 0. The second-order valence-electron chi connectivity index (χ2n) is 17.5. The van der Waals surface area contributed by atoms with Crippen LogP contribution in [0.2, 0.25) is 0 Å². The van der Waals surface area contributed by atoms with E-state index in [4.69, 9.17) is 0 Å². The molecule has 0 bridgehead atoms. The molecule has 2 aromatic rings. The molecule has 0 aromatic heterocycles. The van der Waals surface area contributed by atoms with Crippen molar-refractivity contribution in [1.29, 1.82) is 0 Å². The molecule has 2 aliphatic heterocycles. The molecule has 2 heterocycles. The molecule has 8 atom stereocenters. The van der Waals surface area contributed by atoms with Crippen LogP contribution in [0, 0.1) is 23.7 Å². The lowest BCUT2D eigenvalue weighted by Crippen LogP contribution is -2.56. The van der Waals surface area contributed by atoms with Gasteiger partial charge in [0.15, 0.2) is 0 Å². The first-order valence-electron chi connectivity index (χ1n) is 23.3. The van der Waals surface area contributed by atoms with Crippen LogP contribution in [0.4, 0.5) is 0 Å². The lowest BCUT2D eigenvalue weighted by Gasteiger charge is -2.31. The smallest absolute Gasteiger partial charge is 0.246 e. The van der Waals surface area contributed by atoms with Crippen molar-refractivity contribution in [1.82, 2.24) is 41.7 Å². The molecule has 14 nitrogen and oxygen atoms in total. The Bertz CT molecular complexity index is 2140. The molecule has 4 aliphatic rings. The molecule has 2 aromatic carbocycles. The van der Waals surface area contributed by atoms with Gasteiger partial charge in [0.05, 0.1) is 24.2 Å². The van der Waals surface area contributed by atoms with E-state index < -0.39 is 42.2 Å². The number of nitrogens with zero attached hydrogens (tertiary/aromatic N) is 2. The fraction of sp³-hybridized carbons (Fsp3) is 0.560. The van der Waals surface area contributed by atoms with Crippen molar-refractivity contribution in [2.45, 2.75) is 152 Å². The van der Waals surface area contributed by atoms with Gasteiger partial charge in [0.1, 0.15) is 24.2 Å². The summed E-state index contributed by atoms with van der Waals surface area (Å²) in [6.07, 6.45) is 9.04. The lowest BCUT2D eigenvalue weighted by molar-refractivity contribution is -0.141. The van der Waals surface area contributed by atoms with E-state index in [0.717, 1.165) is 56.1 Å². The fourth-order valence-electron chi connectivity index (χ4n) is 9.54. The molecule has 1 unspecified atom stereocenters. The molecule has 6 N–H and O–H groups in total. The van der Waals surface area contributed by atoms with Gasteiger partial charge >= 0.3 is 0 Å². The van der Waals surface area contributed by atoms with Crippen LogP contribution in [-0.2, 0) is 41.6 Å². The topological polar surface area (TPSA) is 181 Å². The second-order valence-corrected chi connectivity index (χ2v) is 17.5. The Labute approximate surface area is 378 Å². The quantitative estimate of drug-likeness (QED) is 0.139. The van der Waals surface area contributed by atoms with Crippen LogP contribution < -0.4 is 31.9 Å². The zero-order chi connectivity index (χ0) is 45.6. The summed E-state index contributed by atoms with van der Waals surface area (Å²) in [5.74, 6) is 9.55. The van der Waals surface area contributed by atoms with Gasteiger partial charge in [0.2, 0.25) is 35.4 Å². The minimum Gasteiger partial charge on any atom is -0.347 e. The van der Waals surface area contributed by atoms with Crippen molar-refractivity contribution in [3.8, 4) is 23.7 Å². The van der Waals surface area contributed by atoms with Gasteiger partial charge < -0.3 is 41.7 Å². The number of aryl methyl sites for hydroxylation is 2. The molecule has 342 valence electrons. The molecule has 6 amide bonds. The van der Waals surface area contributed by atoms with E-state index in [2.05, 4.69) is 79.8 Å². The maximum Gasteiger partial charge on any atom is 0.246 e. The minimum absolute atomic E-state index is 0.0581. The van der Waals surface area contributed by atoms with Crippen LogP contribution >= 0.6 is 0 Å². The van der Waals surface area contributed by atoms with Crippen LogP contribution in [0.25, 0.3) is 0 Å². The number of amides is 6. The standard InChI is InChI=1S/C50H66N8O6/c1-5-18-40(52-4)46(60)56-42(50(64)58-32-17-30-44(58)48(62)54-39-28-15-22-35-20-11-13-24-37(35)39)26-9-7-6-8-25-41(55-45(59)33(2)51-3)49(63)57-31-16-29-43(57)47(61)53-38-27-14-21-34-19-10-12-23-36(34)38/h10-13,19-20,23-24,33,38-44,51-52H,5,14-18,21-22,25-32H2,1-4H3,(H,53,61)(H,54,62)(H,55,59)(H,56,60)/t33-,38+,39?,40-,41-,42-,43-,44-/m0/s1. The summed E-state index contributed by atoms with van der Waals surface area (Å²) in [5.41, 5.74) is 4.68. The number of likely N-dealkylation sites (tertiary alicyclic amines) is 2. The van der Waals surface area contributed by atoms with Crippen molar-refractivity contribution in [3.05, 3.63) is 70.8 Å². The van der Waals surface area contributed by atoms with E-state index in [-0.39, 0.29) is 54.5 Å². The maximum atomic E-state index is 14.3. The van der Waals surface area contributed by atoms with Crippen molar-refractivity contribution in [2.24, 2.45) is 0 Å². The van der Waals surface area contributed by atoms with Crippen LogP contribution in [0.3, 0.4) is 0 Å². The van der Waals surface area contributed by atoms with Crippen LogP contribution in [0.5, 0.6) is 0 Å². The van der Waals surface area contributed by atoms with Crippen molar-refractivity contribution in [2.75, 3.05) is 27.2 Å². The van der Waals surface area contributed by atoms with Gasteiger partial charge in [-0.05, 0) is 126 Å². The Morgan fingerprint density at radius 1 is 0.625 bits per heavy atom. The molecule has 0 spiro atoms. The van der Waals surface area contributed by atoms with E-state index in [1.54, 1.807) is 30.8 Å². The zero-order valence-electron chi connectivity index (χ0n) is 37.9. The highest BCUT2D eigenvalue weighted by Gasteiger charge is 2.40. The first-order valence-corrected chi connectivity index (χ1v) is 23.3. The average Bonchev–Trinajstić information content (AvgIpc) is 4.02. The molecule has 2 fully saturated rings. The number of benzene rings is 2. The Balaban J connectivity index is 1.14. The van der Waals surface area contributed by atoms with E-state index >= 15 is 0 Å². The van der Waals surface area contributed by atoms with Crippen molar-refractivity contribution >= 4 is 35.4 Å². The fourth-order valence-corrected chi connectivity index (χ4v) is 9.54. The number of carbonyl (C=O) groups is 6. The Morgan fingerprint density at radius 3 is 1.55 bits per heavy atom. The number of hydrogen-bond donors (Lipinski definition) is 6. The summed E-state index contributed by atoms with van der Waals surface area (Å²) in [5, 5.41) is 18.1. The van der Waals surface area contributed by atoms with Gasteiger partial charge in [-0.1, -0.05) is 73.7 Å². The van der Waals surface area contributed by atoms with E-state index in [1.807, 2.05) is 31.2 Å². The molecular weight excluding hydrogens is 809 g/mol. The van der Waals surface area contributed by atoms with Crippen LogP contribution in [0.1, 0.15) is 125 Å². The normalized spacial score (nSPS) is 21.8. The molecular formula is C50H66N8O6. The number of nitrogens with one attached hydrogen (secondary N) is 6. The first-order chi connectivity index (χ1) is 31.0. The summed E-state index contributed by atoms with van der Waals surface area (Å²) >= 11 is 0. The van der Waals surface area contributed by atoms with Gasteiger partial charge in [-0.15, -0.1) is 0 Å². The largest absolute Gasteiger partial charge is 0.347 e. The predicted molar refractivity (Wildman–Crippen MR) is 245 cm³/mol. The second kappa shape index (κ2) is 23.3. The minimum atomic E-state index is -1.03. The highest BCUT2D eigenvalue weighted by molar-refractivity contribution is 5.95. The van der Waals surface area contributed by atoms with Crippen molar-refractivity contribution < 1.29 is 28.8 Å². The van der Waals surface area contributed by atoms with Crippen LogP contribution in [0.15, 0.2) is 48.5 Å². The number of fused-ring (bicyclic) bond motifs is 2. The van der Waals surface area contributed by atoms with Gasteiger partial charge in [-0.3, -0.25) is 28.8 Å². The Hall–Kier alpha value is -5.70. The van der Waals surface area contributed by atoms with Gasteiger partial charge in [0, 0.05) is 25.9 Å². The Kier molecular flexibility index (Phi) is 17.4. The molecule has 6 rings (SSSR count). The summed E-state index contributed by atoms with van der Waals surface area (Å²) in [4.78, 5) is 85.7. The molecule has 14 heteroatoms. The maximum absolute atomic E-state index is 14.3. The van der Waals surface area contributed by atoms with Crippen LogP contribution in [-0.4, -0.2) is 109 Å². The Morgan fingerprint density at radius 2 is 1.09 bits per heavy atom. The third-order valence-electron chi connectivity index (χ3n) is 13.2. The highest BCUT2D eigenvalue weighted by atomic mass is 16.2. The molecule has 0 radical (unpaired) electrons. The van der Waals surface area contributed by atoms with Gasteiger partial charge in [0.25, 0.3) is 0 Å². The van der Waals surface area contributed by atoms with Crippen molar-refractivity contribution in [3.63, 3.8) is 0 Å². The SMILES string of the molecule is CCC[C@H](NC)C(=O)N[C@@H](CC#CC#CC[C@H](NC(=O)[C@H](C)NC)C(=O)N1CCC[C@H]1C(=O)N[C@@H]1CCCc2ccccc21)C(=O)N1CCC[C@H]1C(=O)NC1CCCc2ccccc21. The monoisotopic (exact) mass is 875 g/mol. The molecule has 2 saturated heterocycles. The average molecular weight is 875 g/mol. The predicted octanol–water partition coefficient (Wildman–Crippen LogP) is 3.11. The van der Waals surface area contributed by atoms with Gasteiger partial charge in [-0.25, -0.2) is 0 Å². The number of rotatable bonds is 16. The highest BCUT2D eigenvalue weighted by Crippen LogP contribution is 2.32. The first kappa shape index (κ1) is 47.8. The molecule has 2 aliphatic carbocycles. The van der Waals surface area contributed by atoms with E-state index in [1.165, 1.54) is 11.1 Å². The zero-order valence-corrected chi connectivity index (χ0v) is 37.9. The van der Waals surface area contributed by atoms with E-state index in [0.29, 0.717) is 45.2 Å². The summed E-state index contributed by atoms with van der Waals surface area (Å²) in [6, 6.07) is 11.5. The van der Waals surface area contributed by atoms with Gasteiger partial charge in [-0.2, -0.15) is 0 Å². The molecule has 64 heavy (non-hydrogen) atoms. The number of carbonyl (C=O) groups excluding carboxylic acids is 6. The summed E-state index contributed by atoms with van der Waals surface area (Å²) in [7, 11) is 3.35. The third-order valence-corrected chi connectivity index (χ3v) is 13.2. The third kappa shape index (κ3) is 11.9. The summed E-state index contributed by atoms with van der Waals surface area (Å²) in [6.45, 7) is 4.42.